The molecular formula is C36H40N4O4. The average molecular weight is 593 g/mol. The van der Waals surface area contributed by atoms with E-state index in [1.54, 1.807) is 4.57 Å². The Bertz CT molecular complexity index is 1780. The van der Waals surface area contributed by atoms with E-state index in [0.29, 0.717) is 53.4 Å². The molecule has 0 saturated heterocycles. The molecule has 4 aliphatic rings. The van der Waals surface area contributed by atoms with Crippen LogP contribution in [0.15, 0.2) is 62.6 Å². The maximum atomic E-state index is 14.3. The van der Waals surface area contributed by atoms with E-state index in [-0.39, 0.29) is 23.3 Å². The van der Waals surface area contributed by atoms with Crippen molar-refractivity contribution in [2.45, 2.75) is 84.6 Å². The summed E-state index contributed by atoms with van der Waals surface area (Å²) in [6.45, 7) is 4.09. The molecule has 8 heteroatoms. The molecule has 2 aromatic carbocycles. The summed E-state index contributed by atoms with van der Waals surface area (Å²) in [5.41, 5.74) is 4.53. The number of benzene rings is 2. The quantitative estimate of drug-likeness (QED) is 0.232. The number of nitrogens with one attached hydrogen (secondary N) is 1. The van der Waals surface area contributed by atoms with Gasteiger partial charge in [-0.15, -0.1) is 0 Å². The van der Waals surface area contributed by atoms with Crippen LogP contribution in [0.5, 0.6) is 0 Å². The average Bonchev–Trinajstić information content (AvgIpc) is 3.45. The molecule has 4 fully saturated rings. The maximum Gasteiger partial charge on any atom is 0.439 e. The molecule has 8 rings (SSSR count). The predicted molar refractivity (Wildman–Crippen MR) is 168 cm³/mol. The van der Waals surface area contributed by atoms with E-state index in [0.717, 1.165) is 54.5 Å². The maximum absolute atomic E-state index is 14.3. The van der Waals surface area contributed by atoms with E-state index in [4.69, 9.17) is 9.51 Å². The van der Waals surface area contributed by atoms with Gasteiger partial charge in [0.2, 0.25) is 0 Å². The van der Waals surface area contributed by atoms with Crippen molar-refractivity contribution >= 4 is 5.78 Å². The van der Waals surface area contributed by atoms with Crippen LogP contribution >= 0.6 is 0 Å². The SMILES string of the molecule is CCCCc1nc(C)n(CC(=O)C23CC4CC(CC(C4)C2)C3)c(=O)c1Cc1ccc(-c2ccccc2)c(-c2noc(=O)[nH]2)c1. The lowest BCUT2D eigenvalue weighted by Crippen LogP contribution is -2.51. The second-order valence-electron chi connectivity index (χ2n) is 13.6. The molecule has 2 heterocycles. The molecule has 0 radical (unpaired) electrons. The van der Waals surface area contributed by atoms with Crippen molar-refractivity contribution in [1.82, 2.24) is 19.7 Å². The third-order valence-electron chi connectivity index (χ3n) is 10.5. The minimum atomic E-state index is -0.624. The van der Waals surface area contributed by atoms with Gasteiger partial charge in [-0.3, -0.25) is 23.7 Å². The second-order valence-corrected chi connectivity index (χ2v) is 13.6. The molecule has 44 heavy (non-hydrogen) atoms. The van der Waals surface area contributed by atoms with Crippen LogP contribution in [0, 0.1) is 30.1 Å². The van der Waals surface area contributed by atoms with E-state index < -0.39 is 5.76 Å². The summed E-state index contributed by atoms with van der Waals surface area (Å²) in [5.74, 6) is 2.55. The number of unbranched alkanes of at least 4 members (excludes halogenated alkanes) is 1. The van der Waals surface area contributed by atoms with Crippen LogP contribution in [0.4, 0.5) is 0 Å². The van der Waals surface area contributed by atoms with Gasteiger partial charge >= 0.3 is 5.76 Å². The van der Waals surface area contributed by atoms with Gasteiger partial charge in [-0.1, -0.05) is 61.0 Å². The molecule has 8 nitrogen and oxygen atoms in total. The number of hydrogen-bond acceptors (Lipinski definition) is 6. The smallest absolute Gasteiger partial charge is 0.297 e. The van der Waals surface area contributed by atoms with Crippen LogP contribution in [0.3, 0.4) is 0 Å². The fourth-order valence-electron chi connectivity index (χ4n) is 8.75. The lowest BCUT2D eigenvalue weighted by atomic mass is 9.48. The molecule has 4 aliphatic carbocycles. The van der Waals surface area contributed by atoms with Crippen molar-refractivity contribution < 1.29 is 9.32 Å². The standard InChI is InChI=1S/C36H40N4O4/c1-3-4-10-31-30(17-23-11-12-28(27-8-6-5-7-9-27)29(16-23)33-38-35(43)44-39-33)34(42)40(22(2)37-31)21-32(41)36-18-24-13-25(19-36)15-26(14-24)20-36/h5-9,11-12,16,24-26H,3-4,10,13-15,17-21H2,1-2H3,(H,38,39,43). The Balaban J connectivity index is 1.25. The summed E-state index contributed by atoms with van der Waals surface area (Å²) in [6.07, 6.45) is 9.77. The third-order valence-corrected chi connectivity index (χ3v) is 10.5. The van der Waals surface area contributed by atoms with Gasteiger partial charge < -0.3 is 0 Å². The first-order chi connectivity index (χ1) is 21.3. The number of hydrogen-bond donors (Lipinski definition) is 1. The number of H-pyrrole nitrogens is 1. The summed E-state index contributed by atoms with van der Waals surface area (Å²) in [5, 5.41) is 3.97. The largest absolute Gasteiger partial charge is 0.439 e. The molecular weight excluding hydrogens is 552 g/mol. The number of carbonyl (C=O) groups is 1. The van der Waals surface area contributed by atoms with Crippen molar-refractivity contribution in [3.8, 4) is 22.5 Å². The highest BCUT2D eigenvalue weighted by molar-refractivity contribution is 5.85. The van der Waals surface area contributed by atoms with Crippen LogP contribution < -0.4 is 11.3 Å². The van der Waals surface area contributed by atoms with E-state index in [1.807, 2.05) is 55.5 Å². The number of carbonyl (C=O) groups excluding carboxylic acids is 1. The molecule has 2 aromatic heterocycles. The van der Waals surface area contributed by atoms with Crippen LogP contribution in [0.25, 0.3) is 22.5 Å². The lowest BCUT2D eigenvalue weighted by Gasteiger charge is -2.56. The Kier molecular flexibility index (Phi) is 7.47. The molecule has 228 valence electrons. The highest BCUT2D eigenvalue weighted by atomic mass is 16.5. The van der Waals surface area contributed by atoms with Gasteiger partial charge in [-0.25, -0.2) is 9.78 Å². The number of nitrogens with zero attached hydrogens (tertiary/aromatic N) is 3. The lowest BCUT2D eigenvalue weighted by molar-refractivity contribution is -0.144. The number of rotatable bonds is 10. The Morgan fingerprint density at radius 1 is 1.00 bits per heavy atom. The van der Waals surface area contributed by atoms with Gasteiger partial charge in [0.1, 0.15) is 5.82 Å². The fourth-order valence-corrected chi connectivity index (χ4v) is 8.75. The van der Waals surface area contributed by atoms with Crippen LogP contribution in [0.2, 0.25) is 0 Å². The van der Waals surface area contributed by atoms with Crippen molar-refractivity contribution in [3.63, 3.8) is 0 Å². The van der Waals surface area contributed by atoms with Crippen molar-refractivity contribution in [2.24, 2.45) is 23.2 Å². The number of ketones is 1. The van der Waals surface area contributed by atoms with E-state index in [2.05, 4.69) is 17.1 Å². The van der Waals surface area contributed by atoms with E-state index in [9.17, 15) is 14.4 Å². The number of aryl methyl sites for hydroxylation is 2. The molecule has 0 amide bonds. The fraction of sp³-hybridized carbons (Fsp3) is 0.472. The molecule has 0 aliphatic heterocycles. The first kappa shape index (κ1) is 28.7. The molecule has 4 saturated carbocycles. The van der Waals surface area contributed by atoms with E-state index in [1.165, 1.54) is 19.3 Å². The first-order valence-corrected chi connectivity index (χ1v) is 16.2. The number of Topliss-reactive ketones (excluding diaryl/α,β-unsaturated/α-hetero) is 1. The summed E-state index contributed by atoms with van der Waals surface area (Å²) >= 11 is 0. The van der Waals surface area contributed by atoms with Gasteiger partial charge in [0, 0.05) is 23.0 Å². The van der Waals surface area contributed by atoms with Gasteiger partial charge in [0.25, 0.3) is 5.56 Å². The summed E-state index contributed by atoms with van der Waals surface area (Å²) < 4.78 is 6.49. The van der Waals surface area contributed by atoms with E-state index >= 15 is 0 Å². The van der Waals surface area contributed by atoms with Crippen molar-refractivity contribution in [3.05, 3.63) is 92.1 Å². The minimum Gasteiger partial charge on any atom is -0.297 e. The van der Waals surface area contributed by atoms with Gasteiger partial charge in [0.05, 0.1) is 12.2 Å². The minimum absolute atomic E-state index is 0.100. The third kappa shape index (κ3) is 5.29. The second kappa shape index (κ2) is 11.5. The van der Waals surface area contributed by atoms with Crippen LogP contribution in [0.1, 0.15) is 80.9 Å². The molecule has 0 spiro atoms. The summed E-state index contributed by atoms with van der Waals surface area (Å²) in [7, 11) is 0. The first-order valence-electron chi connectivity index (χ1n) is 16.2. The molecule has 1 N–H and O–H groups in total. The van der Waals surface area contributed by atoms with Gasteiger partial charge in [0.15, 0.2) is 11.6 Å². The van der Waals surface area contributed by atoms with Crippen molar-refractivity contribution in [2.75, 3.05) is 0 Å². The zero-order valence-electron chi connectivity index (χ0n) is 25.6. The summed E-state index contributed by atoms with van der Waals surface area (Å²) in [4.78, 5) is 47.8. The monoisotopic (exact) mass is 592 g/mol. The molecule has 4 aromatic rings. The van der Waals surface area contributed by atoms with Gasteiger partial charge in [-0.2, -0.15) is 0 Å². The Labute approximate surface area is 256 Å². The topological polar surface area (TPSA) is 111 Å². The Morgan fingerprint density at radius 2 is 1.70 bits per heavy atom. The van der Waals surface area contributed by atoms with Crippen LogP contribution in [-0.2, 0) is 24.2 Å². The molecule has 0 atom stereocenters. The van der Waals surface area contributed by atoms with Gasteiger partial charge in [-0.05, 0) is 98.8 Å². The normalized spacial score (nSPS) is 23.7. The number of aromatic amines is 1. The number of aromatic nitrogens is 4. The Hall–Kier alpha value is -4.07. The predicted octanol–water partition coefficient (Wildman–Crippen LogP) is 6.28. The highest BCUT2D eigenvalue weighted by Gasteiger charge is 2.54. The zero-order chi connectivity index (χ0) is 30.4. The van der Waals surface area contributed by atoms with Crippen LogP contribution in [-0.4, -0.2) is 25.5 Å². The summed E-state index contributed by atoms with van der Waals surface area (Å²) in [6, 6.07) is 15.9. The highest BCUT2D eigenvalue weighted by Crippen LogP contribution is 2.60. The molecule has 4 bridgehead atoms. The Morgan fingerprint density at radius 3 is 2.34 bits per heavy atom. The van der Waals surface area contributed by atoms with Crippen molar-refractivity contribution in [1.29, 1.82) is 0 Å². The zero-order valence-corrected chi connectivity index (χ0v) is 25.6. The molecule has 0 unspecified atom stereocenters.